The summed E-state index contributed by atoms with van der Waals surface area (Å²) >= 11 is 1.72. The molecule has 3 fully saturated rings. The number of methoxy groups -OCH3 is 2. The van der Waals surface area contributed by atoms with Gasteiger partial charge in [0.25, 0.3) is 0 Å². The predicted molar refractivity (Wildman–Crippen MR) is 274 cm³/mol. The number of halogens is 1. The third-order valence-corrected chi connectivity index (χ3v) is 16.9. The Kier molecular flexibility index (Phi) is 22.1. The second-order valence-electron chi connectivity index (χ2n) is 22.0. The van der Waals surface area contributed by atoms with E-state index in [0.29, 0.717) is 31.6 Å². The highest BCUT2D eigenvalue weighted by Gasteiger charge is 2.53. The van der Waals surface area contributed by atoms with Gasteiger partial charge in [-0.2, -0.15) is 0 Å². The Morgan fingerprint density at radius 1 is 0.973 bits per heavy atom. The van der Waals surface area contributed by atoms with Crippen LogP contribution in [0.15, 0.2) is 35.4 Å². The van der Waals surface area contributed by atoms with Gasteiger partial charge in [-0.3, -0.25) is 4.79 Å². The van der Waals surface area contributed by atoms with Crippen molar-refractivity contribution in [2.24, 2.45) is 17.8 Å². The SMILES string of the molecule is CCSc1ccc([C@@H](OC)[C@@H](CF)n2cc(CCN(C)[C@H]3C[C@@H](C)O[C@@H](O[C@@H]4[C@@H](C)[C@H](O[C@H]5C[C@@](C)(OC)[C@@H](O)[C@H](C)O5)[C@@H](C)C(=O)O[C@H](CC)[C@@](C)(O)[C@H](O)[C@@H](C)N(C)C[C@H](C)C[C@@]4(C)O)[C@@H]3O)nn2)cc1. The maximum Gasteiger partial charge on any atom is 0.311 e. The minimum atomic E-state index is -1.85. The number of aromatic nitrogens is 3. The molecule has 0 spiro atoms. The molecule has 2 aromatic rings. The van der Waals surface area contributed by atoms with Gasteiger partial charge in [-0.1, -0.05) is 45.0 Å². The van der Waals surface area contributed by atoms with Gasteiger partial charge in [0.2, 0.25) is 0 Å². The number of carbonyl (C=O) groups is 1. The van der Waals surface area contributed by atoms with Crippen LogP contribution in [0, 0.1) is 17.8 Å². The molecule has 3 saturated heterocycles. The van der Waals surface area contributed by atoms with Crippen LogP contribution in [0.5, 0.6) is 0 Å². The number of alkyl halides is 1. The zero-order valence-electron chi connectivity index (χ0n) is 46.1. The molecule has 5 rings (SSSR count). The number of aliphatic hydroxyl groups excluding tert-OH is 3. The van der Waals surface area contributed by atoms with Crippen LogP contribution in [0.2, 0.25) is 0 Å². The molecule has 1 aromatic carbocycles. The van der Waals surface area contributed by atoms with Crippen LogP contribution in [0.25, 0.3) is 0 Å². The number of esters is 1. The third-order valence-electron chi connectivity index (χ3n) is 16.0. The lowest BCUT2D eigenvalue weighted by molar-refractivity contribution is -0.318. The minimum absolute atomic E-state index is 0.0883. The van der Waals surface area contributed by atoms with E-state index in [1.165, 1.54) is 18.7 Å². The Morgan fingerprint density at radius 3 is 2.25 bits per heavy atom. The van der Waals surface area contributed by atoms with Crippen molar-refractivity contribution in [3.05, 3.63) is 41.7 Å². The molecule has 0 saturated carbocycles. The summed E-state index contributed by atoms with van der Waals surface area (Å²) in [6.07, 6.45) is -7.81. The largest absolute Gasteiger partial charge is 0.459 e. The van der Waals surface area contributed by atoms with Gasteiger partial charge in [0, 0.05) is 69.2 Å². The van der Waals surface area contributed by atoms with Gasteiger partial charge >= 0.3 is 5.97 Å². The molecular formula is C53H90FN5O13S. The van der Waals surface area contributed by atoms with Crippen molar-refractivity contribution in [2.75, 3.05) is 53.8 Å². The van der Waals surface area contributed by atoms with Gasteiger partial charge < -0.3 is 68.5 Å². The Balaban J connectivity index is 1.44. The first-order chi connectivity index (χ1) is 34.3. The fourth-order valence-corrected chi connectivity index (χ4v) is 12.1. The van der Waals surface area contributed by atoms with E-state index >= 15 is 0 Å². The normalized spacial score (nSPS) is 39.6. The maximum absolute atomic E-state index is 14.8. The summed E-state index contributed by atoms with van der Waals surface area (Å²) in [6.45, 7) is 19.7. The highest BCUT2D eigenvalue weighted by Crippen LogP contribution is 2.41. The Bertz CT molecular complexity index is 2010. The first-order valence-corrected chi connectivity index (χ1v) is 27.2. The third kappa shape index (κ3) is 14.6. The number of nitrogens with zero attached hydrogens (tertiary/aromatic N) is 5. The van der Waals surface area contributed by atoms with Crippen molar-refractivity contribution in [3.8, 4) is 0 Å². The lowest BCUT2D eigenvalue weighted by atomic mass is 9.77. The number of hydrogen-bond donors (Lipinski definition) is 5. The fraction of sp³-hybridized carbons (Fsp3) is 0.830. The van der Waals surface area contributed by atoms with Crippen LogP contribution >= 0.6 is 11.8 Å². The summed E-state index contributed by atoms with van der Waals surface area (Å²) in [4.78, 5) is 19.5. The molecule has 0 radical (unpaired) electrons. The van der Waals surface area contributed by atoms with Gasteiger partial charge in [-0.15, -0.1) is 16.9 Å². The number of carbonyl (C=O) groups excluding carboxylic acids is 1. The molecule has 20 heteroatoms. The number of benzene rings is 1. The van der Waals surface area contributed by atoms with Crippen LogP contribution in [-0.2, 0) is 44.4 Å². The topological polar surface area (TPSA) is 220 Å². The summed E-state index contributed by atoms with van der Waals surface area (Å²) in [7, 11) is 6.78. The average molecular weight is 1060 g/mol. The number of rotatable bonds is 17. The molecule has 3 aliphatic rings. The smallest absolute Gasteiger partial charge is 0.311 e. The van der Waals surface area contributed by atoms with Crippen molar-refractivity contribution in [3.63, 3.8) is 0 Å². The van der Waals surface area contributed by atoms with E-state index in [1.54, 1.807) is 73.5 Å². The van der Waals surface area contributed by atoms with Crippen molar-refractivity contribution < 1.29 is 67.9 Å². The lowest BCUT2D eigenvalue weighted by Crippen LogP contribution is -2.61. The number of ether oxygens (including phenoxy) is 7. The summed E-state index contributed by atoms with van der Waals surface area (Å²) < 4.78 is 60.4. The molecule has 5 N–H and O–H groups in total. The first-order valence-electron chi connectivity index (χ1n) is 26.3. The molecule has 18 nitrogen and oxygen atoms in total. The lowest BCUT2D eigenvalue weighted by Gasteiger charge is -2.49. The molecule has 0 unspecified atom stereocenters. The highest BCUT2D eigenvalue weighted by atomic mass is 32.2. The van der Waals surface area contributed by atoms with Crippen molar-refractivity contribution >= 4 is 17.7 Å². The van der Waals surface area contributed by atoms with E-state index in [2.05, 4.69) is 17.2 Å². The number of likely N-dealkylation sites (N-methyl/N-ethyl adjacent to an activating group) is 2. The van der Waals surface area contributed by atoms with Gasteiger partial charge in [-0.05, 0) is 111 Å². The average Bonchev–Trinajstić information content (AvgIpc) is 3.82. The standard InChI is InChI=1S/C53H90FN5O13S/c1-16-41-53(11,65)46(61)34(7)58(13)28-30(3)25-51(9,64)48(32(5)44(33(6)49(63)70-41)71-42-26-52(10,67-15)47(62)35(8)69-42)72-50-43(60)39(24-31(4)68-50)57(12)23-22-37-29-59(56-55-37)40(27-54)45(66-14)36-18-20-38(21-19-36)73-17-2/h18-21,29-35,39-48,50,60-62,64-65H,16-17,22-28H2,1-15H3/t30-,31-,32+,33-,34-,35+,39+,40-,41-,42+,43-,44+,45-,46-,47+,48-,50+,51-,52-,53-/m1/s1. The zero-order chi connectivity index (χ0) is 54.3. The van der Waals surface area contributed by atoms with Crippen molar-refractivity contribution in [2.45, 2.75) is 216 Å². The quantitative estimate of drug-likeness (QED) is 0.103. The Labute approximate surface area is 437 Å². The Hall–Kier alpha value is -2.41. The second kappa shape index (κ2) is 26.3. The van der Waals surface area contributed by atoms with Gasteiger partial charge in [0.1, 0.15) is 48.8 Å². The summed E-state index contributed by atoms with van der Waals surface area (Å²) in [5, 5.41) is 68.5. The van der Waals surface area contributed by atoms with E-state index in [-0.39, 0.29) is 25.2 Å². The zero-order valence-corrected chi connectivity index (χ0v) is 46.9. The number of hydrogen-bond acceptors (Lipinski definition) is 18. The highest BCUT2D eigenvalue weighted by molar-refractivity contribution is 7.99. The number of thioether (sulfide) groups is 1. The molecule has 418 valence electrons. The van der Waals surface area contributed by atoms with Crippen LogP contribution in [0.3, 0.4) is 0 Å². The molecule has 0 amide bonds. The second-order valence-corrected chi connectivity index (χ2v) is 23.3. The number of aliphatic hydroxyl groups is 5. The van der Waals surface area contributed by atoms with Crippen LogP contribution in [-0.4, -0.2) is 200 Å². The summed E-state index contributed by atoms with van der Waals surface area (Å²) in [5.74, 6) is -1.91. The van der Waals surface area contributed by atoms with Gasteiger partial charge in [-0.25, -0.2) is 9.07 Å². The minimum Gasteiger partial charge on any atom is -0.459 e. The molecule has 0 bridgehead atoms. The summed E-state index contributed by atoms with van der Waals surface area (Å²) in [6, 6.07) is 6.10. The maximum atomic E-state index is 14.8. The Morgan fingerprint density at radius 2 is 1.64 bits per heavy atom. The molecule has 1 aromatic heterocycles. The molecule has 20 atom stereocenters. The van der Waals surface area contributed by atoms with E-state index in [9.17, 15) is 34.7 Å². The van der Waals surface area contributed by atoms with E-state index in [1.807, 2.05) is 62.0 Å². The van der Waals surface area contributed by atoms with E-state index < -0.39 is 127 Å². The van der Waals surface area contributed by atoms with Crippen LogP contribution < -0.4 is 0 Å². The van der Waals surface area contributed by atoms with Crippen LogP contribution in [0.1, 0.15) is 125 Å². The van der Waals surface area contributed by atoms with Gasteiger partial charge in [0.15, 0.2) is 12.6 Å². The molecule has 73 heavy (non-hydrogen) atoms. The first kappa shape index (κ1) is 61.4. The summed E-state index contributed by atoms with van der Waals surface area (Å²) in [5.41, 5.74) is -3.12. The fourth-order valence-electron chi connectivity index (χ4n) is 11.4. The van der Waals surface area contributed by atoms with Crippen molar-refractivity contribution in [1.82, 2.24) is 24.8 Å². The van der Waals surface area contributed by atoms with Crippen LogP contribution in [0.4, 0.5) is 4.39 Å². The predicted octanol–water partition coefficient (Wildman–Crippen LogP) is 5.12. The van der Waals surface area contributed by atoms with Crippen molar-refractivity contribution in [1.29, 1.82) is 0 Å². The van der Waals surface area contributed by atoms with E-state index in [0.717, 1.165) is 16.2 Å². The number of cyclic esters (lactones) is 1. The van der Waals surface area contributed by atoms with E-state index in [4.69, 9.17) is 33.2 Å². The molecular weight excluding hydrogens is 966 g/mol. The van der Waals surface area contributed by atoms with Gasteiger partial charge in [0.05, 0.1) is 47.2 Å². The molecule has 3 aliphatic heterocycles. The molecule has 0 aliphatic carbocycles. The molecule has 4 heterocycles. The monoisotopic (exact) mass is 1060 g/mol.